The highest BCUT2D eigenvalue weighted by atomic mass is 16.7. The molecule has 1 N–H and O–H groups in total. The fourth-order valence-electron chi connectivity index (χ4n) is 5.23. The number of hydrogen-bond donors (Lipinski definition) is 1. The largest absolute Gasteiger partial charge is 0.356 e. The predicted molar refractivity (Wildman–Crippen MR) is 124 cm³/mol. The molecule has 9 heteroatoms. The molecule has 0 bridgehead atoms. The molecule has 0 radical (unpaired) electrons. The van der Waals surface area contributed by atoms with Crippen molar-refractivity contribution in [1.82, 2.24) is 10.2 Å². The summed E-state index contributed by atoms with van der Waals surface area (Å²) >= 11 is 0. The number of amides is 3. The van der Waals surface area contributed by atoms with E-state index in [1.165, 1.54) is 17.1 Å². The zero-order chi connectivity index (χ0) is 24.2. The van der Waals surface area contributed by atoms with E-state index in [2.05, 4.69) is 11.4 Å². The second-order valence-corrected chi connectivity index (χ2v) is 9.49. The van der Waals surface area contributed by atoms with Crippen LogP contribution in [0, 0.1) is 11.8 Å². The lowest BCUT2D eigenvalue weighted by atomic mass is 9.81. The third-order valence-electron chi connectivity index (χ3n) is 7.17. The van der Waals surface area contributed by atoms with Gasteiger partial charge in [0.2, 0.25) is 5.91 Å². The molecule has 1 saturated carbocycles. The van der Waals surface area contributed by atoms with Crippen LogP contribution in [0.15, 0.2) is 30.4 Å². The fraction of sp³-hybridized carbons (Fsp3) is 0.577. The Bertz CT molecular complexity index is 956. The van der Waals surface area contributed by atoms with Crippen molar-refractivity contribution in [2.75, 3.05) is 39.5 Å². The Labute approximate surface area is 204 Å². The fourth-order valence-corrected chi connectivity index (χ4v) is 5.23. The van der Waals surface area contributed by atoms with Gasteiger partial charge in [-0.3, -0.25) is 19.3 Å². The lowest BCUT2D eigenvalue weighted by Gasteiger charge is -2.30. The van der Waals surface area contributed by atoms with E-state index >= 15 is 0 Å². The van der Waals surface area contributed by atoms with E-state index in [0.29, 0.717) is 45.9 Å². The van der Waals surface area contributed by atoms with Crippen molar-refractivity contribution in [2.45, 2.75) is 44.7 Å². The van der Waals surface area contributed by atoms with Gasteiger partial charge in [-0.1, -0.05) is 18.2 Å². The SMILES string of the molecule is O=C1C=CC(=O)N1C[C@H]1CC[C@H](C(=O)NCCc2ccc(C3OCCO3)c(C3OCCO3)c2)CC1. The molecule has 3 fully saturated rings. The molecule has 0 unspecified atom stereocenters. The summed E-state index contributed by atoms with van der Waals surface area (Å²) in [5, 5.41) is 3.08. The summed E-state index contributed by atoms with van der Waals surface area (Å²) in [6.07, 6.45) is 5.74. The van der Waals surface area contributed by atoms with Crippen molar-refractivity contribution in [2.24, 2.45) is 11.8 Å². The molecule has 5 rings (SSSR count). The van der Waals surface area contributed by atoms with E-state index in [1.807, 2.05) is 12.1 Å². The maximum Gasteiger partial charge on any atom is 0.253 e. The molecule has 3 amide bonds. The van der Waals surface area contributed by atoms with Gasteiger partial charge in [0.15, 0.2) is 12.6 Å². The maximum atomic E-state index is 12.7. The monoisotopic (exact) mass is 484 g/mol. The number of nitrogens with one attached hydrogen (secondary N) is 1. The highest BCUT2D eigenvalue weighted by molar-refractivity contribution is 6.12. The highest BCUT2D eigenvalue weighted by Gasteiger charge is 2.31. The van der Waals surface area contributed by atoms with Crippen molar-refractivity contribution < 1.29 is 33.3 Å². The van der Waals surface area contributed by atoms with Gasteiger partial charge in [0.25, 0.3) is 11.8 Å². The van der Waals surface area contributed by atoms with Gasteiger partial charge in [-0.25, -0.2) is 0 Å². The van der Waals surface area contributed by atoms with E-state index in [9.17, 15) is 14.4 Å². The number of imide groups is 1. The molecule has 9 nitrogen and oxygen atoms in total. The van der Waals surface area contributed by atoms with Gasteiger partial charge in [0.1, 0.15) is 0 Å². The van der Waals surface area contributed by atoms with Crippen molar-refractivity contribution >= 4 is 17.7 Å². The van der Waals surface area contributed by atoms with E-state index in [4.69, 9.17) is 18.9 Å². The summed E-state index contributed by atoms with van der Waals surface area (Å²) in [7, 11) is 0. The third-order valence-corrected chi connectivity index (χ3v) is 7.17. The van der Waals surface area contributed by atoms with Crippen LogP contribution in [0.2, 0.25) is 0 Å². The summed E-state index contributed by atoms with van der Waals surface area (Å²) in [6, 6.07) is 6.09. The molecule has 3 heterocycles. The molecule has 1 aromatic carbocycles. The Morgan fingerprint density at radius 2 is 1.46 bits per heavy atom. The topological polar surface area (TPSA) is 103 Å². The molecule has 1 aromatic rings. The molecule has 35 heavy (non-hydrogen) atoms. The van der Waals surface area contributed by atoms with Crippen LogP contribution in [0.5, 0.6) is 0 Å². The van der Waals surface area contributed by atoms with Gasteiger partial charge in [-0.2, -0.15) is 0 Å². The van der Waals surface area contributed by atoms with Gasteiger partial charge in [0, 0.05) is 42.3 Å². The minimum absolute atomic E-state index is 0.0238. The number of nitrogens with zero attached hydrogens (tertiary/aromatic N) is 1. The molecular formula is C26H32N2O7. The zero-order valence-corrected chi connectivity index (χ0v) is 19.8. The highest BCUT2D eigenvalue weighted by Crippen LogP contribution is 2.34. The predicted octanol–water partition coefficient (Wildman–Crippen LogP) is 2.17. The summed E-state index contributed by atoms with van der Waals surface area (Å²) in [6.45, 7) is 3.24. The Morgan fingerprint density at radius 3 is 2.09 bits per heavy atom. The molecule has 188 valence electrons. The molecule has 2 saturated heterocycles. The van der Waals surface area contributed by atoms with Crippen LogP contribution in [-0.2, 0) is 39.8 Å². The van der Waals surface area contributed by atoms with Gasteiger partial charge < -0.3 is 24.3 Å². The lowest BCUT2D eigenvalue weighted by molar-refractivity contribution is -0.138. The van der Waals surface area contributed by atoms with Crippen LogP contribution >= 0.6 is 0 Å². The average molecular weight is 485 g/mol. The van der Waals surface area contributed by atoms with E-state index in [-0.39, 0.29) is 29.6 Å². The number of benzene rings is 1. The van der Waals surface area contributed by atoms with E-state index < -0.39 is 12.6 Å². The molecule has 3 aliphatic heterocycles. The van der Waals surface area contributed by atoms with Crippen molar-refractivity contribution in [3.05, 3.63) is 47.0 Å². The number of ether oxygens (including phenoxy) is 4. The van der Waals surface area contributed by atoms with Crippen LogP contribution in [0.25, 0.3) is 0 Å². The van der Waals surface area contributed by atoms with E-state index in [1.54, 1.807) is 0 Å². The zero-order valence-electron chi connectivity index (χ0n) is 19.8. The number of carbonyl (C=O) groups is 3. The first-order chi connectivity index (χ1) is 17.1. The van der Waals surface area contributed by atoms with Crippen molar-refractivity contribution in [3.63, 3.8) is 0 Å². The number of carbonyl (C=O) groups excluding carboxylic acids is 3. The van der Waals surface area contributed by atoms with Crippen molar-refractivity contribution in [3.8, 4) is 0 Å². The second-order valence-electron chi connectivity index (χ2n) is 9.49. The molecule has 0 aromatic heterocycles. The molecule has 0 atom stereocenters. The molecular weight excluding hydrogens is 452 g/mol. The van der Waals surface area contributed by atoms with Crippen molar-refractivity contribution in [1.29, 1.82) is 0 Å². The maximum absolute atomic E-state index is 12.7. The van der Waals surface area contributed by atoms with E-state index in [0.717, 1.165) is 42.4 Å². The normalized spacial score (nSPS) is 25.7. The molecule has 1 aliphatic carbocycles. The quantitative estimate of drug-likeness (QED) is 0.564. The second kappa shape index (κ2) is 11.0. The minimum Gasteiger partial charge on any atom is -0.356 e. The van der Waals surface area contributed by atoms with Gasteiger partial charge in [0.05, 0.1) is 26.4 Å². The Kier molecular flexibility index (Phi) is 7.57. The minimum atomic E-state index is -0.426. The average Bonchev–Trinajstić information content (AvgIpc) is 3.65. The van der Waals surface area contributed by atoms with Gasteiger partial charge >= 0.3 is 0 Å². The first-order valence-electron chi connectivity index (χ1n) is 12.5. The third kappa shape index (κ3) is 5.64. The van der Waals surface area contributed by atoms with Crippen LogP contribution in [0.1, 0.15) is 55.0 Å². The Balaban J connectivity index is 1.10. The smallest absolute Gasteiger partial charge is 0.253 e. The molecule has 4 aliphatic rings. The summed E-state index contributed by atoms with van der Waals surface area (Å²) in [5.74, 6) is -0.160. The van der Waals surface area contributed by atoms with Gasteiger partial charge in [-0.05, 0) is 43.6 Å². The summed E-state index contributed by atoms with van der Waals surface area (Å²) in [5.41, 5.74) is 2.92. The Morgan fingerprint density at radius 1 is 0.857 bits per heavy atom. The number of hydrogen-bond acceptors (Lipinski definition) is 7. The number of rotatable bonds is 8. The molecule has 0 spiro atoms. The lowest BCUT2D eigenvalue weighted by Crippen LogP contribution is -2.38. The Hall–Kier alpha value is -2.59. The summed E-state index contributed by atoms with van der Waals surface area (Å²) < 4.78 is 22.8. The van der Waals surface area contributed by atoms with Crippen LogP contribution in [-0.4, -0.2) is 62.1 Å². The standard InChI is InChI=1S/C26H32N2O7/c29-22-7-8-23(30)28(22)16-18-1-4-19(5-2-18)24(31)27-10-9-17-3-6-20(25-32-11-12-33-25)21(15-17)26-34-13-14-35-26/h3,6-8,15,18-19,25-26H,1-2,4-5,9-14,16H2,(H,27,31)/t18-,19-. The first kappa shape index (κ1) is 24.1. The first-order valence-corrected chi connectivity index (χ1v) is 12.5. The van der Waals surface area contributed by atoms with Crippen LogP contribution in [0.4, 0.5) is 0 Å². The van der Waals surface area contributed by atoms with Crippen LogP contribution in [0.3, 0.4) is 0 Å². The van der Waals surface area contributed by atoms with Gasteiger partial charge in [-0.15, -0.1) is 0 Å². The summed E-state index contributed by atoms with van der Waals surface area (Å²) in [4.78, 5) is 37.6. The van der Waals surface area contributed by atoms with Crippen LogP contribution < -0.4 is 5.32 Å².